The van der Waals surface area contributed by atoms with E-state index < -0.39 is 0 Å². The second kappa shape index (κ2) is 8.10. The molecule has 26 heavy (non-hydrogen) atoms. The molecule has 0 aromatic carbocycles. The zero-order valence-electron chi connectivity index (χ0n) is 17.7. The van der Waals surface area contributed by atoms with E-state index in [4.69, 9.17) is 0 Å². The lowest BCUT2D eigenvalue weighted by Gasteiger charge is -2.29. The molecular weight excluding hydrogens is 330 g/mol. The van der Waals surface area contributed by atoms with Crippen molar-refractivity contribution < 1.29 is 9.59 Å². The van der Waals surface area contributed by atoms with Crippen LogP contribution in [0.15, 0.2) is 6.07 Å². The van der Waals surface area contributed by atoms with Crippen LogP contribution in [0, 0.1) is 5.92 Å². The fourth-order valence-corrected chi connectivity index (χ4v) is 2.37. The molecule has 7 nitrogen and oxygen atoms in total. The number of carbonyl (C=O) groups excluding carboxylic acids is 2. The van der Waals surface area contributed by atoms with Gasteiger partial charge in [0, 0.05) is 30.6 Å². The lowest BCUT2D eigenvalue weighted by Crippen LogP contribution is -2.51. The number of rotatable bonds is 5. The quantitative estimate of drug-likeness (QED) is 0.841. The van der Waals surface area contributed by atoms with Crippen LogP contribution in [0.25, 0.3) is 0 Å². The molecule has 148 valence electrons. The van der Waals surface area contributed by atoms with E-state index >= 15 is 0 Å². The molecule has 0 saturated carbocycles. The van der Waals surface area contributed by atoms with E-state index in [1.807, 2.05) is 40.7 Å². The summed E-state index contributed by atoms with van der Waals surface area (Å²) in [6.45, 7) is 16.5. The molecule has 1 rings (SSSR count). The first-order valence-corrected chi connectivity index (χ1v) is 9.10. The summed E-state index contributed by atoms with van der Waals surface area (Å²) in [7, 11) is 1.79. The molecule has 0 saturated heterocycles. The average molecular weight is 366 g/mol. The minimum atomic E-state index is -0.355. The van der Waals surface area contributed by atoms with Crippen molar-refractivity contribution >= 4 is 17.8 Å². The fraction of sp³-hybridized carbons (Fsp3) is 0.737. The maximum Gasteiger partial charge on any atom is 0.318 e. The number of nitrogens with zero attached hydrogens (tertiary/aromatic N) is 3. The van der Waals surface area contributed by atoms with Gasteiger partial charge in [0.15, 0.2) is 0 Å². The van der Waals surface area contributed by atoms with E-state index in [1.165, 1.54) is 0 Å². The summed E-state index contributed by atoms with van der Waals surface area (Å²) in [5, 5.41) is 10.2. The van der Waals surface area contributed by atoms with Crippen LogP contribution < -0.4 is 10.6 Å². The number of urea groups is 1. The van der Waals surface area contributed by atoms with Gasteiger partial charge in [0.25, 0.3) is 0 Å². The maximum atomic E-state index is 12.5. The second-order valence-electron chi connectivity index (χ2n) is 9.29. The van der Waals surface area contributed by atoms with Gasteiger partial charge in [0.1, 0.15) is 12.4 Å². The lowest BCUT2D eigenvalue weighted by atomic mass is 9.92. The Morgan fingerprint density at radius 2 is 1.77 bits per heavy atom. The normalized spacial score (nSPS) is 12.2. The highest BCUT2D eigenvalue weighted by Gasteiger charge is 2.24. The monoisotopic (exact) mass is 365 g/mol. The summed E-state index contributed by atoms with van der Waals surface area (Å²) in [5.41, 5.74) is 0.448. The van der Waals surface area contributed by atoms with Crippen LogP contribution in [0.1, 0.15) is 61.1 Å². The largest absolute Gasteiger partial charge is 0.333 e. The molecule has 1 aromatic rings. The summed E-state index contributed by atoms with van der Waals surface area (Å²) in [6, 6.07) is 1.64. The minimum Gasteiger partial charge on any atom is -0.333 e. The Kier molecular flexibility index (Phi) is 6.85. The van der Waals surface area contributed by atoms with Gasteiger partial charge < -0.3 is 15.5 Å². The van der Waals surface area contributed by atoms with Gasteiger partial charge in [0.2, 0.25) is 5.91 Å². The molecule has 0 aliphatic rings. The summed E-state index contributed by atoms with van der Waals surface area (Å²) in [6.07, 6.45) is 0. The van der Waals surface area contributed by atoms with E-state index in [-0.39, 0.29) is 35.4 Å². The Bertz CT molecular complexity index is 635. The zero-order valence-corrected chi connectivity index (χ0v) is 17.7. The first kappa shape index (κ1) is 22.0. The van der Waals surface area contributed by atoms with Gasteiger partial charge in [-0.1, -0.05) is 34.6 Å². The first-order valence-electron chi connectivity index (χ1n) is 9.10. The summed E-state index contributed by atoms with van der Waals surface area (Å²) >= 11 is 0. The molecule has 2 N–H and O–H groups in total. The summed E-state index contributed by atoms with van der Waals surface area (Å²) in [5.74, 6) is 0.650. The standard InChI is InChI=1S/C19H35N5O2/c1-13(2)11-24(17(26)21-19(6,7)8)12-16(25)20-15-10-14(18(3,4)5)22-23(15)9/h10,13H,11-12H2,1-9H3,(H,20,25)(H,21,26). The third kappa shape index (κ3) is 7.06. The van der Waals surface area contributed by atoms with Crippen LogP contribution in [0.2, 0.25) is 0 Å². The Morgan fingerprint density at radius 3 is 2.19 bits per heavy atom. The van der Waals surface area contributed by atoms with Crippen molar-refractivity contribution in [1.82, 2.24) is 20.0 Å². The molecule has 7 heteroatoms. The minimum absolute atomic E-state index is 0.00384. The highest BCUT2D eigenvalue weighted by Crippen LogP contribution is 2.23. The van der Waals surface area contributed by atoms with E-state index in [9.17, 15) is 9.59 Å². The van der Waals surface area contributed by atoms with E-state index in [0.717, 1.165) is 5.69 Å². The Morgan fingerprint density at radius 1 is 1.19 bits per heavy atom. The van der Waals surface area contributed by atoms with Crippen molar-refractivity contribution in [3.05, 3.63) is 11.8 Å². The number of anilines is 1. The van der Waals surface area contributed by atoms with Crippen molar-refractivity contribution in [2.75, 3.05) is 18.4 Å². The van der Waals surface area contributed by atoms with Gasteiger partial charge in [-0.05, 0) is 26.7 Å². The van der Waals surface area contributed by atoms with Crippen LogP contribution in [0.5, 0.6) is 0 Å². The van der Waals surface area contributed by atoms with E-state index in [1.54, 1.807) is 16.6 Å². The van der Waals surface area contributed by atoms with Crippen LogP contribution in [0.4, 0.5) is 10.6 Å². The Hall–Kier alpha value is -2.05. The van der Waals surface area contributed by atoms with Crippen LogP contribution in [-0.4, -0.2) is 45.2 Å². The molecule has 0 atom stereocenters. The Labute approximate surface area is 157 Å². The van der Waals surface area contributed by atoms with E-state index in [0.29, 0.717) is 12.4 Å². The molecule has 3 amide bonds. The molecule has 1 aromatic heterocycles. The van der Waals surface area contributed by atoms with Gasteiger partial charge in [0.05, 0.1) is 5.69 Å². The zero-order chi connectivity index (χ0) is 20.3. The average Bonchev–Trinajstić information content (AvgIpc) is 2.76. The van der Waals surface area contributed by atoms with Crippen LogP contribution in [0.3, 0.4) is 0 Å². The van der Waals surface area contributed by atoms with Gasteiger partial charge in [-0.3, -0.25) is 9.48 Å². The molecule has 0 fully saturated rings. The smallest absolute Gasteiger partial charge is 0.318 e. The van der Waals surface area contributed by atoms with Gasteiger partial charge in [-0.15, -0.1) is 0 Å². The molecule has 0 aliphatic heterocycles. The number of amides is 3. The van der Waals surface area contributed by atoms with Crippen molar-refractivity contribution in [2.24, 2.45) is 13.0 Å². The highest BCUT2D eigenvalue weighted by molar-refractivity contribution is 5.93. The molecular formula is C19H35N5O2. The number of hydrogen-bond donors (Lipinski definition) is 2. The third-order valence-corrected chi connectivity index (χ3v) is 3.60. The number of aromatic nitrogens is 2. The maximum absolute atomic E-state index is 12.5. The molecule has 0 aliphatic carbocycles. The molecule has 0 spiro atoms. The van der Waals surface area contributed by atoms with Crippen molar-refractivity contribution in [1.29, 1.82) is 0 Å². The topological polar surface area (TPSA) is 79.3 Å². The first-order chi connectivity index (χ1) is 11.7. The van der Waals surface area contributed by atoms with Gasteiger partial charge >= 0.3 is 6.03 Å². The SMILES string of the molecule is CC(C)CN(CC(=O)Nc1cc(C(C)(C)C)nn1C)C(=O)NC(C)(C)C. The molecule has 0 unspecified atom stereocenters. The van der Waals surface area contributed by atoms with Gasteiger partial charge in [-0.2, -0.15) is 5.10 Å². The predicted molar refractivity (Wildman–Crippen MR) is 105 cm³/mol. The highest BCUT2D eigenvalue weighted by atomic mass is 16.2. The second-order valence-corrected chi connectivity index (χ2v) is 9.29. The van der Waals surface area contributed by atoms with E-state index in [2.05, 4.69) is 36.5 Å². The van der Waals surface area contributed by atoms with Crippen LogP contribution in [-0.2, 0) is 17.3 Å². The lowest BCUT2D eigenvalue weighted by molar-refractivity contribution is -0.116. The molecule has 0 bridgehead atoms. The van der Waals surface area contributed by atoms with Crippen molar-refractivity contribution in [3.8, 4) is 0 Å². The summed E-state index contributed by atoms with van der Waals surface area (Å²) < 4.78 is 1.65. The number of carbonyl (C=O) groups is 2. The number of hydrogen-bond acceptors (Lipinski definition) is 3. The molecule has 1 heterocycles. The summed E-state index contributed by atoms with van der Waals surface area (Å²) in [4.78, 5) is 26.6. The molecule has 0 radical (unpaired) electrons. The van der Waals surface area contributed by atoms with Crippen molar-refractivity contribution in [3.63, 3.8) is 0 Å². The van der Waals surface area contributed by atoms with Gasteiger partial charge in [-0.25, -0.2) is 4.79 Å². The van der Waals surface area contributed by atoms with Crippen LogP contribution >= 0.6 is 0 Å². The number of aryl methyl sites for hydroxylation is 1. The predicted octanol–water partition coefficient (Wildman–Crippen LogP) is 3.12. The van der Waals surface area contributed by atoms with Crippen molar-refractivity contribution in [2.45, 2.75) is 66.3 Å². The fourth-order valence-electron chi connectivity index (χ4n) is 2.37. The Balaban J connectivity index is 2.84. The third-order valence-electron chi connectivity index (χ3n) is 3.60. The number of nitrogens with one attached hydrogen (secondary N) is 2.